The van der Waals surface area contributed by atoms with Gasteiger partial charge in [0.15, 0.2) is 6.04 Å². The van der Waals surface area contributed by atoms with Crippen molar-refractivity contribution in [1.82, 2.24) is 5.32 Å². The number of aliphatic carboxylic acids is 1. The van der Waals surface area contributed by atoms with E-state index >= 15 is 0 Å². The lowest BCUT2D eigenvalue weighted by molar-refractivity contribution is -0.147. The molecule has 62 heavy (non-hydrogen) atoms. The van der Waals surface area contributed by atoms with Gasteiger partial charge < -0.3 is 25.2 Å². The van der Waals surface area contributed by atoms with Crippen molar-refractivity contribution in [2.45, 2.75) is 193 Å². The van der Waals surface area contributed by atoms with Gasteiger partial charge in [-0.05, 0) is 89.9 Å². The molecule has 11 nitrogen and oxygen atoms in total. The van der Waals surface area contributed by atoms with Gasteiger partial charge in [-0.25, -0.2) is 9.36 Å². The average molecular weight is 890 g/mol. The molecule has 0 spiro atoms. The first-order valence-electron chi connectivity index (χ1n) is 23.6. The summed E-state index contributed by atoms with van der Waals surface area (Å²) in [5, 5.41) is 21.9. The number of nitrogens with one attached hydrogen (secondary N) is 1. The highest BCUT2D eigenvalue weighted by atomic mass is 31.2. The number of rotatable bonds is 43. The van der Waals surface area contributed by atoms with Crippen LogP contribution in [0.3, 0.4) is 0 Å². The third-order valence-corrected chi connectivity index (χ3v) is 10.6. The third kappa shape index (κ3) is 43.3. The zero-order valence-electron chi connectivity index (χ0n) is 38.4. The maximum Gasteiger partial charge on any atom is 0.472 e. The lowest BCUT2D eigenvalue weighted by atomic mass is 10.1. The zero-order chi connectivity index (χ0) is 45.6. The van der Waals surface area contributed by atoms with Crippen molar-refractivity contribution in [3.8, 4) is 0 Å². The van der Waals surface area contributed by atoms with Gasteiger partial charge in [-0.15, -0.1) is 0 Å². The number of aliphatic hydroxyl groups excluding tert-OH is 1. The molecule has 3 unspecified atom stereocenters. The minimum absolute atomic E-state index is 0.128. The van der Waals surface area contributed by atoms with E-state index in [9.17, 15) is 34.1 Å². The lowest BCUT2D eigenvalue weighted by Gasteiger charge is -2.18. The molecule has 3 atom stereocenters. The minimum atomic E-state index is -4.77. The van der Waals surface area contributed by atoms with Gasteiger partial charge in [-0.2, -0.15) is 0 Å². The number of phosphoric acid groups is 1. The van der Waals surface area contributed by atoms with Gasteiger partial charge in [0.2, 0.25) is 5.91 Å². The Morgan fingerprint density at radius 3 is 1.40 bits per heavy atom. The molecule has 0 rings (SSSR count). The lowest BCUT2D eigenvalue weighted by Crippen LogP contribution is -2.43. The molecule has 0 radical (unpaired) electrons. The fraction of sp³-hybridized carbons (Fsp3) is 0.660. The number of phosphoric ester groups is 1. The standard InChI is InChI=1S/C50H84NO10P/c1-3-5-7-9-11-13-15-17-19-21-22-23-24-26-28-30-32-34-36-38-40-42-49(54)59-43-46(52)44-60-62(57,58)61-45-47(50(55)56)51-48(53)41-39-37-35-33-31-29-27-25-20-18-16-14-12-10-8-6-4-2/h6,8,11-14,17-20,22-23,26,28,46-47,52H,3-5,7,9-10,15-16,21,24-25,27,29-45H2,1-2H3,(H,51,53)(H,55,56)(H,57,58)/b8-6-,13-11-,14-12-,19-17-,20-18-,23-22-,28-26-. The molecule has 0 bridgehead atoms. The smallest absolute Gasteiger partial charge is 0.472 e. The van der Waals surface area contributed by atoms with Crippen LogP contribution in [0.15, 0.2) is 85.1 Å². The number of carbonyl (C=O) groups is 3. The van der Waals surface area contributed by atoms with Crippen LogP contribution in [0.1, 0.15) is 181 Å². The molecule has 354 valence electrons. The highest BCUT2D eigenvalue weighted by molar-refractivity contribution is 7.47. The molecule has 0 aromatic heterocycles. The Bertz CT molecular complexity index is 1370. The van der Waals surface area contributed by atoms with Crippen LogP contribution in [-0.4, -0.2) is 64.9 Å². The highest BCUT2D eigenvalue weighted by Crippen LogP contribution is 2.43. The van der Waals surface area contributed by atoms with Gasteiger partial charge in [0.05, 0.1) is 13.2 Å². The van der Waals surface area contributed by atoms with Crippen LogP contribution in [0.5, 0.6) is 0 Å². The van der Waals surface area contributed by atoms with Crippen molar-refractivity contribution in [2.24, 2.45) is 0 Å². The van der Waals surface area contributed by atoms with Gasteiger partial charge in [0.25, 0.3) is 0 Å². The van der Waals surface area contributed by atoms with E-state index in [2.05, 4.69) is 104 Å². The number of carboxylic acid groups (broad SMARTS) is 1. The van der Waals surface area contributed by atoms with E-state index in [1.807, 2.05) is 0 Å². The second-order valence-corrected chi connectivity index (χ2v) is 17.0. The summed E-state index contributed by atoms with van der Waals surface area (Å²) in [6, 6.07) is -1.56. The summed E-state index contributed by atoms with van der Waals surface area (Å²) in [6.07, 6.45) is 54.5. The summed E-state index contributed by atoms with van der Waals surface area (Å²) >= 11 is 0. The van der Waals surface area contributed by atoms with Crippen LogP contribution in [0.4, 0.5) is 0 Å². The van der Waals surface area contributed by atoms with E-state index in [1.54, 1.807) is 0 Å². The van der Waals surface area contributed by atoms with Crippen LogP contribution in [0, 0.1) is 0 Å². The molecule has 0 aromatic carbocycles. The van der Waals surface area contributed by atoms with Gasteiger partial charge in [0, 0.05) is 12.8 Å². The predicted molar refractivity (Wildman–Crippen MR) is 254 cm³/mol. The second-order valence-electron chi connectivity index (χ2n) is 15.6. The number of hydrogen-bond acceptors (Lipinski definition) is 8. The van der Waals surface area contributed by atoms with Crippen LogP contribution >= 0.6 is 7.82 Å². The molecule has 12 heteroatoms. The molecule has 0 heterocycles. The molecule has 0 aliphatic rings. The Balaban J connectivity index is 3.93. The first-order chi connectivity index (χ1) is 30.1. The maximum atomic E-state index is 12.3. The topological polar surface area (TPSA) is 169 Å². The fourth-order valence-corrected chi connectivity index (χ4v) is 6.79. The summed E-state index contributed by atoms with van der Waals surface area (Å²) in [6.45, 7) is 2.42. The number of aliphatic hydroxyl groups is 1. The minimum Gasteiger partial charge on any atom is -0.480 e. The molecule has 4 N–H and O–H groups in total. The van der Waals surface area contributed by atoms with E-state index in [4.69, 9.17) is 13.8 Å². The SMILES string of the molecule is CC/C=C\C/C=C\C/C=C\CCCCCCCCCC(=O)NC(COP(=O)(O)OCC(O)COC(=O)CCCCCCC/C=C\C/C=C\C/C=C\C/C=C\CCCCC)C(=O)O. The normalized spacial score (nSPS) is 14.4. The molecule has 0 fully saturated rings. The van der Waals surface area contributed by atoms with Gasteiger partial charge in [-0.3, -0.25) is 18.6 Å². The molecular weight excluding hydrogens is 806 g/mol. The van der Waals surface area contributed by atoms with E-state index in [1.165, 1.54) is 25.7 Å². The first-order valence-corrected chi connectivity index (χ1v) is 25.1. The van der Waals surface area contributed by atoms with Crippen molar-refractivity contribution in [3.63, 3.8) is 0 Å². The van der Waals surface area contributed by atoms with Crippen LogP contribution in [-0.2, 0) is 32.7 Å². The number of allylic oxidation sites excluding steroid dienone is 14. The molecule has 1 amide bonds. The quantitative estimate of drug-likeness (QED) is 0.0200. The Morgan fingerprint density at radius 1 is 0.532 bits per heavy atom. The highest BCUT2D eigenvalue weighted by Gasteiger charge is 2.28. The summed E-state index contributed by atoms with van der Waals surface area (Å²) in [5.41, 5.74) is 0. The van der Waals surface area contributed by atoms with Crippen molar-refractivity contribution in [3.05, 3.63) is 85.1 Å². The van der Waals surface area contributed by atoms with Gasteiger partial charge >= 0.3 is 19.8 Å². The number of ether oxygens (including phenoxy) is 1. The van der Waals surface area contributed by atoms with Crippen molar-refractivity contribution < 1.29 is 47.8 Å². The summed E-state index contributed by atoms with van der Waals surface area (Å²) in [4.78, 5) is 46.0. The van der Waals surface area contributed by atoms with Crippen LogP contribution in [0.25, 0.3) is 0 Å². The predicted octanol–water partition coefficient (Wildman–Crippen LogP) is 12.7. The summed E-state index contributed by atoms with van der Waals surface area (Å²) in [7, 11) is -4.77. The Morgan fingerprint density at radius 2 is 0.935 bits per heavy atom. The number of hydrogen-bond donors (Lipinski definition) is 4. The molecule has 0 aromatic rings. The molecule has 0 aliphatic carbocycles. The second kappa shape index (κ2) is 44.3. The Labute approximate surface area is 375 Å². The maximum absolute atomic E-state index is 12.3. The van der Waals surface area contributed by atoms with Crippen LogP contribution in [0.2, 0.25) is 0 Å². The van der Waals surface area contributed by atoms with E-state index in [0.717, 1.165) is 116 Å². The van der Waals surface area contributed by atoms with Gasteiger partial charge in [-0.1, -0.05) is 163 Å². The Hall–Kier alpha value is -3.34. The number of amides is 1. The average Bonchev–Trinajstić information content (AvgIpc) is 3.25. The van der Waals surface area contributed by atoms with Crippen molar-refractivity contribution in [1.29, 1.82) is 0 Å². The number of carboxylic acids is 1. The Kier molecular flexibility index (Phi) is 41.9. The molecule has 0 saturated heterocycles. The number of carbonyl (C=O) groups excluding carboxylic acids is 2. The summed E-state index contributed by atoms with van der Waals surface area (Å²) in [5.74, 6) is -2.42. The van der Waals surface area contributed by atoms with E-state index in [0.29, 0.717) is 12.8 Å². The monoisotopic (exact) mass is 890 g/mol. The fourth-order valence-electron chi connectivity index (χ4n) is 6.02. The number of esters is 1. The van der Waals surface area contributed by atoms with Crippen molar-refractivity contribution >= 4 is 25.7 Å². The molecule has 0 aliphatic heterocycles. The molecule has 0 saturated carbocycles. The third-order valence-electron chi connectivity index (χ3n) is 9.67. The molecular formula is C50H84NO10P. The van der Waals surface area contributed by atoms with E-state index < -0.39 is 57.6 Å². The van der Waals surface area contributed by atoms with Crippen LogP contribution < -0.4 is 5.32 Å². The number of unbranched alkanes of at least 4 members (excludes halogenated alkanes) is 15. The van der Waals surface area contributed by atoms with Gasteiger partial charge in [0.1, 0.15) is 12.7 Å². The van der Waals surface area contributed by atoms with E-state index in [-0.39, 0.29) is 12.8 Å². The van der Waals surface area contributed by atoms with Crippen molar-refractivity contribution in [2.75, 3.05) is 19.8 Å². The largest absolute Gasteiger partial charge is 0.480 e. The zero-order valence-corrected chi connectivity index (χ0v) is 39.3. The summed E-state index contributed by atoms with van der Waals surface area (Å²) < 4.78 is 26.9. The first kappa shape index (κ1) is 58.7.